The molecule has 334 valence electrons. The Morgan fingerprint density at radius 1 is 0.919 bits per heavy atom. The van der Waals surface area contributed by atoms with Gasteiger partial charge in [-0.05, 0) is 32.1 Å². The Balaban J connectivity index is 1.64. The molecule has 1 amide bonds. The third kappa shape index (κ3) is 9.67. The van der Waals surface area contributed by atoms with Crippen LogP contribution in [-0.4, -0.2) is 99.9 Å². The van der Waals surface area contributed by atoms with Crippen molar-refractivity contribution in [1.29, 1.82) is 0 Å². The fourth-order valence-electron chi connectivity index (χ4n) is 7.73. The van der Waals surface area contributed by atoms with Gasteiger partial charge in [0.15, 0.2) is 12.4 Å². The van der Waals surface area contributed by atoms with Crippen LogP contribution in [0.1, 0.15) is 70.0 Å². The zero-order chi connectivity index (χ0) is 45.6. The van der Waals surface area contributed by atoms with Crippen LogP contribution in [0.25, 0.3) is 10.8 Å². The lowest BCUT2D eigenvalue weighted by Gasteiger charge is -2.38. The largest absolute Gasteiger partial charge is 0.507 e. The number of aromatic hydroxyl groups is 3. The Labute approximate surface area is 360 Å². The number of esters is 1. The first-order valence-electron chi connectivity index (χ1n) is 20.3. The molecule has 0 saturated carbocycles. The van der Waals surface area contributed by atoms with Gasteiger partial charge in [0.1, 0.15) is 35.7 Å². The van der Waals surface area contributed by atoms with Crippen molar-refractivity contribution in [2.75, 3.05) is 25.6 Å². The Morgan fingerprint density at radius 2 is 1.61 bits per heavy atom. The van der Waals surface area contributed by atoms with E-state index in [9.17, 15) is 39.9 Å². The fraction of sp³-hybridized carbons (Fsp3) is 0.435. The first-order chi connectivity index (χ1) is 29.3. The number of para-hydroxylation sites is 1. The molecule has 0 spiro atoms. The van der Waals surface area contributed by atoms with Gasteiger partial charge >= 0.3 is 11.8 Å². The molecule has 0 radical (unpaired) electrons. The Hall–Kier alpha value is -6.10. The summed E-state index contributed by atoms with van der Waals surface area (Å²) in [5, 5.41) is 64.1. The van der Waals surface area contributed by atoms with Crippen molar-refractivity contribution in [3.05, 3.63) is 83.2 Å². The number of phenols is 3. The number of anilines is 1. The number of aliphatic hydroxyl groups excluding tert-OH is 2. The molecule has 16 heteroatoms. The van der Waals surface area contributed by atoms with Crippen LogP contribution in [0.2, 0.25) is 0 Å². The number of allylic oxidation sites excluding steroid dienone is 2. The minimum absolute atomic E-state index is 0.0183. The van der Waals surface area contributed by atoms with Gasteiger partial charge in [-0.25, -0.2) is 0 Å². The number of nitrogens with one attached hydrogen (secondary N) is 1. The molecule has 0 saturated heterocycles. The Kier molecular flexibility index (Phi) is 14.9. The maximum atomic E-state index is 14.4. The van der Waals surface area contributed by atoms with Crippen LogP contribution < -0.4 is 14.8 Å². The van der Waals surface area contributed by atoms with Gasteiger partial charge in [-0.2, -0.15) is 0 Å². The van der Waals surface area contributed by atoms with Crippen LogP contribution in [0.4, 0.5) is 5.69 Å². The maximum absolute atomic E-state index is 14.4. The predicted molar refractivity (Wildman–Crippen MR) is 229 cm³/mol. The number of carbonyl (C=O) groups is 3. The van der Waals surface area contributed by atoms with Gasteiger partial charge in [0, 0.05) is 61.2 Å². The average Bonchev–Trinajstić information content (AvgIpc) is 3.51. The third-order valence-corrected chi connectivity index (χ3v) is 11.5. The van der Waals surface area contributed by atoms with E-state index in [1.165, 1.54) is 53.2 Å². The van der Waals surface area contributed by atoms with E-state index in [1.54, 1.807) is 52.0 Å². The maximum Gasteiger partial charge on any atom is 0.312 e. The number of hydrogen-bond donors (Lipinski definition) is 6. The van der Waals surface area contributed by atoms with Gasteiger partial charge in [0.05, 0.1) is 53.0 Å². The minimum atomic E-state index is -2.08. The highest BCUT2D eigenvalue weighted by Crippen LogP contribution is 2.55. The summed E-state index contributed by atoms with van der Waals surface area (Å²) in [4.78, 5) is 45.9. The van der Waals surface area contributed by atoms with E-state index in [0.717, 1.165) is 6.21 Å². The molecule has 0 aliphatic carbocycles. The number of fused-ring (bicyclic) bond motifs is 14. The Bertz CT molecular complexity index is 2270. The number of aliphatic hydroxyl groups is 2. The van der Waals surface area contributed by atoms with Gasteiger partial charge in [-0.1, -0.05) is 69.3 Å². The predicted octanol–water partition coefficient (Wildman–Crippen LogP) is 6.18. The molecule has 6 rings (SSSR count). The number of Topliss-reactive ketones (excluding diaryl/α,β-unsaturated/α-hetero) is 1. The molecule has 0 unspecified atom stereocenters. The first-order valence-corrected chi connectivity index (χ1v) is 20.3. The number of rotatable bonds is 8. The summed E-state index contributed by atoms with van der Waals surface area (Å²) < 4.78 is 29.2. The van der Waals surface area contributed by atoms with E-state index >= 15 is 0 Å². The van der Waals surface area contributed by atoms with Crippen LogP contribution in [0.15, 0.2) is 71.6 Å². The van der Waals surface area contributed by atoms with E-state index in [0.29, 0.717) is 5.75 Å². The zero-order valence-corrected chi connectivity index (χ0v) is 36.2. The van der Waals surface area contributed by atoms with Crippen molar-refractivity contribution >= 4 is 40.3 Å². The van der Waals surface area contributed by atoms with Crippen LogP contribution in [0.3, 0.4) is 0 Å². The third-order valence-electron chi connectivity index (χ3n) is 11.5. The van der Waals surface area contributed by atoms with E-state index in [-0.39, 0.29) is 57.7 Å². The molecule has 3 aromatic rings. The lowest BCUT2D eigenvalue weighted by atomic mass is 9.78. The number of ether oxygens (including phenoxy) is 5. The van der Waals surface area contributed by atoms with Gasteiger partial charge in [0.2, 0.25) is 0 Å². The number of amides is 1. The Morgan fingerprint density at radius 3 is 2.27 bits per heavy atom. The molecule has 3 aliphatic rings. The molecule has 3 aliphatic heterocycles. The number of methoxy groups -OCH3 is 1. The van der Waals surface area contributed by atoms with Gasteiger partial charge in [-0.3, -0.25) is 14.4 Å². The number of hydrogen-bond acceptors (Lipinski definition) is 15. The van der Waals surface area contributed by atoms with Crippen molar-refractivity contribution < 1.29 is 68.4 Å². The lowest BCUT2D eigenvalue weighted by Crippen LogP contribution is -2.46. The van der Waals surface area contributed by atoms with Crippen LogP contribution in [0, 0.1) is 30.6 Å². The molecule has 9 atom stereocenters. The average molecular weight is 861 g/mol. The van der Waals surface area contributed by atoms with E-state index < -0.39 is 88.8 Å². The standard InChI is InChI=1S/C46H56N2O14/c1-23-14-13-15-24(2)45(56)48-36-31(22-47-60-21-20-58-30-16-11-10-12-17-30)40(53)33-34(41(36)54)39(52)28(6)43-35(33)44(55)46(8,62-43)59-19-18-32(57-9)25(3)42(61-29(7)49)27(5)38(51)26(4)37(23)50/h10-19,22-23,25-27,32,37-38,42,50-54H,20-21H2,1-9H3,(H,48,56)/b14-13-,19-18-,24-15-,47-22+/t23-,25+,26+,27+,32-,37-,38+,42+,46-/m0/s1. The van der Waals surface area contributed by atoms with Crippen molar-refractivity contribution in [2.24, 2.45) is 28.8 Å². The van der Waals surface area contributed by atoms with Crippen molar-refractivity contribution in [1.82, 2.24) is 0 Å². The molecular formula is C46H56N2O14. The smallest absolute Gasteiger partial charge is 0.312 e. The molecular weight excluding hydrogens is 805 g/mol. The number of benzene rings is 3. The van der Waals surface area contributed by atoms with E-state index in [1.807, 2.05) is 18.2 Å². The summed E-state index contributed by atoms with van der Waals surface area (Å²) in [6.07, 6.45) is 4.39. The number of phenolic OH excluding ortho intramolecular Hbond substituents is 3. The summed E-state index contributed by atoms with van der Waals surface area (Å²) in [5.74, 6) is -8.24. The summed E-state index contributed by atoms with van der Waals surface area (Å²) >= 11 is 0. The van der Waals surface area contributed by atoms with Gasteiger partial charge < -0.3 is 59.4 Å². The minimum Gasteiger partial charge on any atom is -0.507 e. The number of carbonyl (C=O) groups excluding carboxylic acids is 3. The SMILES string of the molecule is CO[C@H]1/C=C\O[C@@]2(C)Oc3c(C)c(O)c4c(O)c(c(/C=N/OCCOc5ccccc5)c(O)c4c3C2=O)NC(=O)/C(C)=C\C=C/[C@H](C)[C@H](O)[C@@H](C)[C@@H](O)[C@@H](C)[C@H](OC(C)=O)[C@@H]1C. The normalized spacial score (nSPS) is 29.0. The van der Waals surface area contributed by atoms with Crippen molar-refractivity contribution in [2.45, 2.75) is 85.6 Å². The topological polar surface area (TPSA) is 232 Å². The molecule has 0 aromatic heterocycles. The summed E-state index contributed by atoms with van der Waals surface area (Å²) in [5.41, 5.74) is -0.742. The van der Waals surface area contributed by atoms with Crippen LogP contribution >= 0.6 is 0 Å². The molecule has 6 N–H and O–H groups in total. The molecule has 0 fully saturated rings. The number of ketones is 1. The fourth-order valence-corrected chi connectivity index (χ4v) is 7.73. The second-order valence-electron chi connectivity index (χ2n) is 15.8. The van der Waals surface area contributed by atoms with Crippen molar-refractivity contribution in [3.8, 4) is 28.7 Å². The summed E-state index contributed by atoms with van der Waals surface area (Å²) in [6.45, 7) is 12.4. The lowest BCUT2D eigenvalue weighted by molar-refractivity contribution is -0.160. The highest BCUT2D eigenvalue weighted by Gasteiger charge is 2.50. The van der Waals surface area contributed by atoms with Gasteiger partial charge in [0.25, 0.3) is 11.7 Å². The molecule has 16 nitrogen and oxygen atoms in total. The molecule has 5 bridgehead atoms. The number of oxime groups is 1. The highest BCUT2D eigenvalue weighted by atomic mass is 16.7. The second-order valence-corrected chi connectivity index (χ2v) is 15.8. The zero-order valence-electron chi connectivity index (χ0n) is 36.2. The van der Waals surface area contributed by atoms with Gasteiger partial charge in [-0.15, -0.1) is 0 Å². The van der Waals surface area contributed by atoms with Crippen LogP contribution in [0.5, 0.6) is 28.7 Å². The highest BCUT2D eigenvalue weighted by molar-refractivity contribution is 6.23. The quantitative estimate of drug-likeness (QED) is 0.0371. The second kappa shape index (κ2) is 19.7. The molecule has 62 heavy (non-hydrogen) atoms. The molecule has 3 heterocycles. The van der Waals surface area contributed by atoms with E-state index in [2.05, 4.69) is 10.5 Å². The van der Waals surface area contributed by atoms with Crippen molar-refractivity contribution in [3.63, 3.8) is 0 Å². The monoisotopic (exact) mass is 860 g/mol. The number of nitrogens with zero attached hydrogens (tertiary/aromatic N) is 1. The van der Waals surface area contributed by atoms with Crippen LogP contribution in [-0.2, 0) is 28.6 Å². The van der Waals surface area contributed by atoms with E-state index in [4.69, 9.17) is 28.5 Å². The molecule has 3 aromatic carbocycles. The summed E-state index contributed by atoms with van der Waals surface area (Å²) in [6, 6.07) is 8.99. The first kappa shape index (κ1) is 47.0. The summed E-state index contributed by atoms with van der Waals surface area (Å²) in [7, 11) is 1.42.